The molecule has 0 aliphatic carbocycles. The summed E-state index contributed by atoms with van der Waals surface area (Å²) in [7, 11) is 0. The molecule has 0 atom stereocenters. The first-order valence-corrected chi connectivity index (χ1v) is 0. The van der Waals surface area contributed by atoms with E-state index < -0.39 is 0 Å². The van der Waals surface area contributed by atoms with Crippen LogP contribution in [0.4, 0.5) is 0 Å². The SMILES string of the molecule is [Co+2].[H-].[H-].[Li+].[Li+].[Li+].[Li+].[O-2].[O-2]. The van der Waals surface area contributed by atoms with Gasteiger partial charge in [0.15, 0.2) is 0 Å². The summed E-state index contributed by atoms with van der Waals surface area (Å²) in [6, 6.07) is 0. The third kappa shape index (κ3) is 51.6. The Bertz CT molecular complexity index is 16.5. The molecule has 0 aromatic rings. The van der Waals surface area contributed by atoms with Crippen molar-refractivity contribution in [3.63, 3.8) is 0 Å². The maximum atomic E-state index is 0. The van der Waals surface area contributed by atoms with Crippen molar-refractivity contribution < 1.29 is 106 Å². The topological polar surface area (TPSA) is 57.0 Å². The van der Waals surface area contributed by atoms with Gasteiger partial charge in [-0.3, -0.25) is 0 Å². The number of hydrogen-bond donors (Lipinski definition) is 0. The third-order valence-electron chi connectivity index (χ3n) is 0. The molecule has 0 rings (SSSR count). The molecule has 2 nitrogen and oxygen atoms in total. The summed E-state index contributed by atoms with van der Waals surface area (Å²) >= 11 is 0. The van der Waals surface area contributed by atoms with E-state index in [-0.39, 0.29) is 106 Å². The van der Waals surface area contributed by atoms with Crippen molar-refractivity contribution in [2.24, 2.45) is 0 Å². The Labute approximate surface area is 105 Å². The Hall–Kier alpha value is 2.82. The molecule has 0 N–H and O–H groups in total. The zero-order valence-corrected chi connectivity index (χ0v) is 6.19. The van der Waals surface area contributed by atoms with Gasteiger partial charge in [0.25, 0.3) is 0 Å². The molecule has 1 radical (unpaired) electrons. The van der Waals surface area contributed by atoms with Crippen LogP contribution in [-0.4, -0.2) is 0 Å². The van der Waals surface area contributed by atoms with Crippen LogP contribution in [0.1, 0.15) is 2.85 Å². The van der Waals surface area contributed by atoms with Crippen molar-refractivity contribution in [2.45, 2.75) is 0 Å². The van der Waals surface area contributed by atoms with Crippen molar-refractivity contribution in [1.82, 2.24) is 0 Å². The summed E-state index contributed by atoms with van der Waals surface area (Å²) in [6.07, 6.45) is 0. The predicted molar refractivity (Wildman–Crippen MR) is 3.60 cm³/mol. The normalized spacial score (nSPS) is 0. The maximum Gasteiger partial charge on any atom is 2.00 e. The average Bonchev–Trinajstić information content (AvgIpc) is 0. The van der Waals surface area contributed by atoms with Crippen LogP contribution in [0.3, 0.4) is 0 Å². The summed E-state index contributed by atoms with van der Waals surface area (Å²) in [4.78, 5) is 0. The van der Waals surface area contributed by atoms with E-state index in [2.05, 4.69) is 0 Å². The van der Waals surface area contributed by atoms with Gasteiger partial charge >= 0.3 is 92.2 Å². The van der Waals surface area contributed by atoms with Gasteiger partial charge in [0, 0.05) is 0 Å². The second kappa shape index (κ2) is 67.9. The second-order valence-corrected chi connectivity index (χ2v) is 0. The van der Waals surface area contributed by atoms with E-state index >= 15 is 0 Å². The van der Waals surface area contributed by atoms with Gasteiger partial charge in [0.1, 0.15) is 0 Å². The van der Waals surface area contributed by atoms with Crippen LogP contribution in [0.5, 0.6) is 0 Å². The Morgan fingerprint density at radius 1 is 0.571 bits per heavy atom. The first-order valence-electron chi connectivity index (χ1n) is 0. The third-order valence-corrected chi connectivity index (χ3v) is 0. The molecule has 0 unspecified atom stereocenters. The minimum atomic E-state index is 0. The minimum Gasteiger partial charge on any atom is -2.00 e. The van der Waals surface area contributed by atoms with Crippen LogP contribution < -0.4 is 75.4 Å². The van der Waals surface area contributed by atoms with Gasteiger partial charge in [-0.15, -0.1) is 0 Å². The molecule has 27 valence electrons. The summed E-state index contributed by atoms with van der Waals surface area (Å²) in [5.74, 6) is 0. The maximum absolute atomic E-state index is 0. The molecule has 0 amide bonds. The first kappa shape index (κ1) is 96.2. The fourth-order valence-corrected chi connectivity index (χ4v) is 0. The van der Waals surface area contributed by atoms with Crippen molar-refractivity contribution in [3.05, 3.63) is 0 Å². The zero-order valence-electron chi connectivity index (χ0n) is 7.15. The Morgan fingerprint density at radius 2 is 0.571 bits per heavy atom. The van der Waals surface area contributed by atoms with Gasteiger partial charge in [-0.25, -0.2) is 0 Å². The minimum absolute atomic E-state index is 0. The molecule has 0 saturated heterocycles. The summed E-state index contributed by atoms with van der Waals surface area (Å²) < 4.78 is 0. The van der Waals surface area contributed by atoms with Crippen LogP contribution >= 0.6 is 0 Å². The number of hydrogen-bond acceptors (Lipinski definition) is 0. The van der Waals surface area contributed by atoms with Crippen LogP contribution in [0.2, 0.25) is 0 Å². The van der Waals surface area contributed by atoms with E-state index in [4.69, 9.17) is 0 Å². The molecule has 0 spiro atoms. The fraction of sp³-hybridized carbons (Fsp3) is 0. The molecule has 7 heavy (non-hydrogen) atoms. The van der Waals surface area contributed by atoms with Crippen molar-refractivity contribution in [3.8, 4) is 0 Å². The number of rotatable bonds is 0. The first-order chi connectivity index (χ1) is 0. The fourth-order valence-electron chi connectivity index (χ4n) is 0. The molecule has 0 heterocycles. The Morgan fingerprint density at radius 3 is 0.571 bits per heavy atom. The molecule has 0 fully saturated rings. The van der Waals surface area contributed by atoms with Gasteiger partial charge in [-0.2, -0.15) is 0 Å². The molecular formula is H2CoLi4O2. The van der Waals surface area contributed by atoms with Gasteiger partial charge in [-0.05, 0) is 0 Å². The smallest absolute Gasteiger partial charge is 2.00 e. The summed E-state index contributed by atoms with van der Waals surface area (Å²) in [5, 5.41) is 0. The summed E-state index contributed by atoms with van der Waals surface area (Å²) in [5.41, 5.74) is 0. The van der Waals surface area contributed by atoms with E-state index in [0.717, 1.165) is 0 Å². The van der Waals surface area contributed by atoms with E-state index in [0.29, 0.717) is 0 Å². The summed E-state index contributed by atoms with van der Waals surface area (Å²) in [6.45, 7) is 0. The van der Waals surface area contributed by atoms with E-state index in [1.165, 1.54) is 0 Å². The molecule has 0 aliphatic heterocycles. The van der Waals surface area contributed by atoms with Crippen LogP contribution in [-0.2, 0) is 27.7 Å². The molecule has 0 aromatic heterocycles. The molecular weight excluding hydrogens is 119 g/mol. The van der Waals surface area contributed by atoms with Crippen LogP contribution in [0.25, 0.3) is 0 Å². The monoisotopic (exact) mass is 121 g/mol. The van der Waals surface area contributed by atoms with E-state index in [9.17, 15) is 0 Å². The molecule has 0 bridgehead atoms. The molecule has 7 heteroatoms. The van der Waals surface area contributed by atoms with Gasteiger partial charge < -0.3 is 13.8 Å². The van der Waals surface area contributed by atoms with Gasteiger partial charge in [-0.1, -0.05) is 0 Å². The molecule has 0 saturated carbocycles. The standard InChI is InChI=1S/Co.4Li.2O.2H/q+2;4*+1;2*-2;2*-1. The second-order valence-electron chi connectivity index (χ2n) is 0. The molecule has 0 aliphatic rings. The predicted octanol–water partition coefficient (Wildman–Crippen LogP) is -12.0. The van der Waals surface area contributed by atoms with Crippen LogP contribution in [0.15, 0.2) is 0 Å². The zero-order chi connectivity index (χ0) is 0. The quantitative estimate of drug-likeness (QED) is 0.285. The average molecular weight is 121 g/mol. The van der Waals surface area contributed by atoms with Gasteiger partial charge in [0.05, 0.1) is 0 Å². The Kier molecular flexibility index (Phi) is 933. The van der Waals surface area contributed by atoms with Crippen molar-refractivity contribution in [1.29, 1.82) is 0 Å². The van der Waals surface area contributed by atoms with E-state index in [1.54, 1.807) is 0 Å². The van der Waals surface area contributed by atoms with Crippen molar-refractivity contribution >= 4 is 0 Å². The van der Waals surface area contributed by atoms with E-state index in [1.807, 2.05) is 0 Å². The molecule has 0 aromatic carbocycles. The Balaban J connectivity index is 0. The van der Waals surface area contributed by atoms with Crippen molar-refractivity contribution in [2.75, 3.05) is 0 Å². The largest absolute Gasteiger partial charge is 2.00 e. The van der Waals surface area contributed by atoms with Gasteiger partial charge in [0.2, 0.25) is 0 Å². The van der Waals surface area contributed by atoms with Crippen LogP contribution in [0, 0.1) is 0 Å².